The molecule has 0 aromatic heterocycles. The molecule has 0 spiro atoms. The molecule has 1 heterocycles. The molecule has 0 bridgehead atoms. The van der Waals surface area contributed by atoms with Crippen molar-refractivity contribution in [1.29, 1.82) is 0 Å². The van der Waals surface area contributed by atoms with Crippen LogP contribution in [-0.2, 0) is 9.59 Å². The van der Waals surface area contributed by atoms with Gasteiger partial charge in [0.2, 0.25) is 11.8 Å². The van der Waals surface area contributed by atoms with E-state index in [9.17, 15) is 19.7 Å². The normalized spacial score (nSPS) is 17.2. The number of rotatable bonds is 6. The van der Waals surface area contributed by atoms with Gasteiger partial charge >= 0.3 is 0 Å². The number of para-hydroxylation sites is 2. The molecule has 162 valence electrons. The third-order valence-corrected chi connectivity index (χ3v) is 6.24. The van der Waals surface area contributed by atoms with Crippen LogP contribution in [0, 0.1) is 10.1 Å². The van der Waals surface area contributed by atoms with Gasteiger partial charge in [-0.1, -0.05) is 60.3 Å². The number of nitro groups is 1. The summed E-state index contributed by atoms with van der Waals surface area (Å²) >= 11 is 1.24. The van der Waals surface area contributed by atoms with Crippen LogP contribution in [0.15, 0.2) is 71.7 Å². The van der Waals surface area contributed by atoms with Gasteiger partial charge in [-0.25, -0.2) is 4.99 Å². The van der Waals surface area contributed by atoms with Crippen LogP contribution in [0.2, 0.25) is 0 Å². The number of nitrogens with one attached hydrogen (secondary N) is 1. The fraction of sp³-hybridized carbons (Fsp3) is 0.174. The van der Waals surface area contributed by atoms with Gasteiger partial charge in [-0.05, 0) is 24.4 Å². The first-order valence-electron chi connectivity index (χ1n) is 10.1. The number of carbonyl (C=O) groups is 2. The Kier molecular flexibility index (Phi) is 6.18. The Morgan fingerprint density at radius 1 is 1.12 bits per heavy atom. The van der Waals surface area contributed by atoms with E-state index in [4.69, 9.17) is 4.99 Å². The van der Waals surface area contributed by atoms with E-state index < -0.39 is 16.1 Å². The summed E-state index contributed by atoms with van der Waals surface area (Å²) in [5.74, 6) is -0.665. The second-order valence-corrected chi connectivity index (χ2v) is 8.28. The van der Waals surface area contributed by atoms with Crippen LogP contribution in [-0.4, -0.2) is 38.6 Å². The molecule has 4 rings (SSSR count). The SMILES string of the molecule is CCN1C(=O)C(CC(=O)Nc2ccccc2[N+](=O)[O-])SC1=Nc1cccc2ccccc12. The minimum Gasteiger partial charge on any atom is -0.320 e. The highest BCUT2D eigenvalue weighted by molar-refractivity contribution is 8.15. The number of aliphatic imine (C=N–C) groups is 1. The van der Waals surface area contributed by atoms with Crippen LogP contribution >= 0.6 is 11.8 Å². The van der Waals surface area contributed by atoms with E-state index in [1.165, 1.54) is 30.0 Å². The number of nitrogens with zero attached hydrogens (tertiary/aromatic N) is 3. The van der Waals surface area contributed by atoms with Crippen LogP contribution in [0.4, 0.5) is 17.1 Å². The number of carbonyl (C=O) groups excluding carboxylic acids is 2. The molecule has 2 amide bonds. The molecule has 1 atom stereocenters. The molecule has 3 aromatic rings. The van der Waals surface area contributed by atoms with Crippen molar-refractivity contribution in [2.45, 2.75) is 18.6 Å². The lowest BCUT2D eigenvalue weighted by Gasteiger charge is -2.13. The van der Waals surface area contributed by atoms with Gasteiger partial charge in [0.1, 0.15) is 10.9 Å². The number of amides is 2. The van der Waals surface area contributed by atoms with E-state index in [2.05, 4.69) is 5.32 Å². The Hall–Kier alpha value is -3.72. The molecule has 0 saturated carbocycles. The van der Waals surface area contributed by atoms with Crippen LogP contribution < -0.4 is 5.32 Å². The molecule has 9 heteroatoms. The number of fused-ring (bicyclic) bond motifs is 1. The van der Waals surface area contributed by atoms with Crippen molar-refractivity contribution < 1.29 is 14.5 Å². The molecule has 1 N–H and O–H groups in total. The van der Waals surface area contributed by atoms with Crippen molar-refractivity contribution in [1.82, 2.24) is 4.90 Å². The quantitative estimate of drug-likeness (QED) is 0.434. The zero-order valence-corrected chi connectivity index (χ0v) is 18.0. The summed E-state index contributed by atoms with van der Waals surface area (Å²) < 4.78 is 0. The standard InChI is InChI=1S/C23H20N4O4S/c1-2-26-22(29)20(14-21(28)24-18-11-5-6-13-19(18)27(30)31)32-23(26)25-17-12-7-9-15-8-3-4-10-16(15)17/h3-13,20H,2,14H2,1H3,(H,24,28). The van der Waals surface area contributed by atoms with Gasteiger partial charge in [0.25, 0.3) is 5.69 Å². The highest BCUT2D eigenvalue weighted by Gasteiger charge is 2.38. The van der Waals surface area contributed by atoms with E-state index in [0.717, 1.165) is 16.5 Å². The second kappa shape index (κ2) is 9.19. The first kappa shape index (κ1) is 21.5. The van der Waals surface area contributed by atoms with E-state index in [-0.39, 0.29) is 23.7 Å². The lowest BCUT2D eigenvalue weighted by atomic mass is 10.1. The molecule has 1 aliphatic heterocycles. The Labute approximate surface area is 188 Å². The van der Waals surface area contributed by atoms with Crippen LogP contribution in [0.1, 0.15) is 13.3 Å². The third kappa shape index (κ3) is 4.33. The molecule has 32 heavy (non-hydrogen) atoms. The Morgan fingerprint density at radius 2 is 1.84 bits per heavy atom. The largest absolute Gasteiger partial charge is 0.320 e. The molecule has 1 fully saturated rings. The maximum absolute atomic E-state index is 12.9. The molecule has 0 aliphatic carbocycles. The summed E-state index contributed by atoms with van der Waals surface area (Å²) in [5.41, 5.74) is 0.663. The van der Waals surface area contributed by atoms with Gasteiger partial charge in [-0.15, -0.1) is 0 Å². The average molecular weight is 449 g/mol. The van der Waals surface area contributed by atoms with Crippen molar-refractivity contribution in [2.75, 3.05) is 11.9 Å². The summed E-state index contributed by atoms with van der Waals surface area (Å²) in [6.07, 6.45) is -0.111. The van der Waals surface area contributed by atoms with Crippen molar-refractivity contribution in [3.63, 3.8) is 0 Å². The topological polar surface area (TPSA) is 105 Å². The van der Waals surface area contributed by atoms with Crippen LogP contribution in [0.25, 0.3) is 10.8 Å². The minimum atomic E-state index is -0.647. The van der Waals surface area contributed by atoms with Crippen molar-refractivity contribution in [3.8, 4) is 0 Å². The Bertz CT molecular complexity index is 1240. The number of hydrogen-bond acceptors (Lipinski definition) is 6. The first-order valence-corrected chi connectivity index (χ1v) is 10.9. The summed E-state index contributed by atoms with van der Waals surface area (Å²) in [5, 5.41) is 15.6. The lowest BCUT2D eigenvalue weighted by Crippen LogP contribution is -2.33. The highest BCUT2D eigenvalue weighted by atomic mass is 32.2. The smallest absolute Gasteiger partial charge is 0.292 e. The minimum absolute atomic E-state index is 0.106. The predicted octanol–water partition coefficient (Wildman–Crippen LogP) is 4.73. The van der Waals surface area contributed by atoms with E-state index >= 15 is 0 Å². The molecule has 1 saturated heterocycles. The van der Waals surface area contributed by atoms with Gasteiger partial charge < -0.3 is 5.32 Å². The van der Waals surface area contributed by atoms with E-state index in [1.807, 2.05) is 49.4 Å². The van der Waals surface area contributed by atoms with Crippen molar-refractivity contribution in [2.24, 2.45) is 4.99 Å². The zero-order chi connectivity index (χ0) is 22.7. The monoisotopic (exact) mass is 448 g/mol. The first-order chi connectivity index (χ1) is 15.5. The third-order valence-electron chi connectivity index (χ3n) is 5.06. The summed E-state index contributed by atoms with van der Waals surface area (Å²) in [4.78, 5) is 42.4. The molecular weight excluding hydrogens is 428 g/mol. The van der Waals surface area contributed by atoms with Crippen LogP contribution in [0.3, 0.4) is 0 Å². The summed E-state index contributed by atoms with van der Waals surface area (Å²) in [6.45, 7) is 2.28. The molecule has 1 unspecified atom stereocenters. The average Bonchev–Trinajstić information content (AvgIpc) is 3.07. The van der Waals surface area contributed by atoms with Gasteiger partial charge in [-0.3, -0.25) is 24.6 Å². The predicted molar refractivity (Wildman–Crippen MR) is 126 cm³/mol. The number of anilines is 1. The maximum atomic E-state index is 12.9. The number of nitro benzene ring substituents is 1. The molecule has 1 aliphatic rings. The molecular formula is C23H20N4O4S. The Morgan fingerprint density at radius 3 is 2.62 bits per heavy atom. The highest BCUT2D eigenvalue weighted by Crippen LogP contribution is 2.34. The number of hydrogen-bond donors (Lipinski definition) is 1. The maximum Gasteiger partial charge on any atom is 0.292 e. The van der Waals surface area contributed by atoms with Crippen LogP contribution in [0.5, 0.6) is 0 Å². The van der Waals surface area contributed by atoms with Crippen molar-refractivity contribution >= 4 is 56.6 Å². The molecule has 0 radical (unpaired) electrons. The van der Waals surface area contributed by atoms with Gasteiger partial charge in [-0.2, -0.15) is 0 Å². The fourth-order valence-electron chi connectivity index (χ4n) is 3.53. The summed E-state index contributed by atoms with van der Waals surface area (Å²) in [7, 11) is 0. The summed E-state index contributed by atoms with van der Waals surface area (Å²) in [6, 6.07) is 19.6. The van der Waals surface area contributed by atoms with Gasteiger partial charge in [0.15, 0.2) is 5.17 Å². The molecule has 3 aromatic carbocycles. The fourth-order valence-corrected chi connectivity index (χ4v) is 4.75. The number of amidine groups is 1. The molecule has 8 nitrogen and oxygen atoms in total. The van der Waals surface area contributed by atoms with Crippen molar-refractivity contribution in [3.05, 3.63) is 76.8 Å². The van der Waals surface area contributed by atoms with Gasteiger partial charge in [0.05, 0.1) is 10.6 Å². The second-order valence-electron chi connectivity index (χ2n) is 7.11. The van der Waals surface area contributed by atoms with Gasteiger partial charge in [0, 0.05) is 24.4 Å². The lowest BCUT2D eigenvalue weighted by molar-refractivity contribution is -0.383. The zero-order valence-electron chi connectivity index (χ0n) is 17.2. The van der Waals surface area contributed by atoms with E-state index in [0.29, 0.717) is 11.7 Å². The Balaban J connectivity index is 1.54. The van der Waals surface area contributed by atoms with E-state index in [1.54, 1.807) is 11.0 Å². The number of thioether (sulfide) groups is 1. The number of benzene rings is 3.